The zero-order chi connectivity index (χ0) is 18.9. The summed E-state index contributed by atoms with van der Waals surface area (Å²) >= 11 is 0. The lowest BCUT2D eigenvalue weighted by atomic mass is 9.90. The Morgan fingerprint density at radius 2 is 1.81 bits per heavy atom. The van der Waals surface area contributed by atoms with Gasteiger partial charge in [-0.2, -0.15) is 0 Å². The average molecular weight is 370 g/mol. The quantitative estimate of drug-likeness (QED) is 0.732. The molecule has 0 aliphatic carbocycles. The first-order chi connectivity index (χ1) is 13.2. The number of rotatable bonds is 9. The highest BCUT2D eigenvalue weighted by Crippen LogP contribution is 2.23. The number of aliphatic carboxylic acids is 1. The van der Waals surface area contributed by atoms with E-state index in [2.05, 4.69) is 6.07 Å². The standard InChI is InChI=1S/C22H26O5/c23-22(24)11-10-18-8-4-5-9-19(18)12-20-14-26-16-27-21(20)15-25-13-17-6-2-1-3-7-17/h1-9,20-21H,10-16H2,(H,23,24)/t20-,21-/m1/s1. The Morgan fingerprint density at radius 1 is 1.07 bits per heavy atom. The van der Waals surface area contributed by atoms with E-state index in [4.69, 9.17) is 19.3 Å². The van der Waals surface area contributed by atoms with E-state index in [1.165, 1.54) is 0 Å². The summed E-state index contributed by atoms with van der Waals surface area (Å²) in [5, 5.41) is 8.96. The van der Waals surface area contributed by atoms with E-state index >= 15 is 0 Å². The Labute approximate surface area is 159 Å². The summed E-state index contributed by atoms with van der Waals surface area (Å²) in [6.07, 6.45) is 1.43. The van der Waals surface area contributed by atoms with Crippen LogP contribution in [0.15, 0.2) is 54.6 Å². The monoisotopic (exact) mass is 370 g/mol. The molecule has 1 fully saturated rings. The van der Waals surface area contributed by atoms with Gasteiger partial charge in [-0.25, -0.2) is 0 Å². The second kappa shape index (κ2) is 10.2. The third-order valence-corrected chi connectivity index (χ3v) is 4.83. The van der Waals surface area contributed by atoms with Gasteiger partial charge in [-0.15, -0.1) is 0 Å². The predicted molar refractivity (Wildman–Crippen MR) is 101 cm³/mol. The first kappa shape index (κ1) is 19.5. The summed E-state index contributed by atoms with van der Waals surface area (Å²) in [6.45, 7) is 1.98. The second-order valence-corrected chi connectivity index (χ2v) is 6.82. The van der Waals surface area contributed by atoms with Crippen LogP contribution < -0.4 is 0 Å². The van der Waals surface area contributed by atoms with Crippen molar-refractivity contribution in [1.29, 1.82) is 0 Å². The zero-order valence-corrected chi connectivity index (χ0v) is 15.4. The van der Waals surface area contributed by atoms with Crippen molar-refractivity contribution in [3.05, 3.63) is 71.3 Å². The zero-order valence-electron chi connectivity index (χ0n) is 15.4. The van der Waals surface area contributed by atoms with Crippen molar-refractivity contribution in [3.63, 3.8) is 0 Å². The van der Waals surface area contributed by atoms with Gasteiger partial charge >= 0.3 is 5.97 Å². The highest BCUT2D eigenvalue weighted by atomic mass is 16.7. The largest absolute Gasteiger partial charge is 0.481 e. The van der Waals surface area contributed by atoms with Gasteiger partial charge < -0.3 is 19.3 Å². The van der Waals surface area contributed by atoms with Crippen LogP contribution in [0.25, 0.3) is 0 Å². The molecule has 1 N–H and O–H groups in total. The molecular weight excluding hydrogens is 344 g/mol. The molecule has 3 rings (SSSR count). The molecule has 1 aliphatic rings. The van der Waals surface area contributed by atoms with E-state index < -0.39 is 5.97 Å². The van der Waals surface area contributed by atoms with Gasteiger partial charge in [-0.3, -0.25) is 4.79 Å². The van der Waals surface area contributed by atoms with Crippen LogP contribution in [-0.4, -0.2) is 37.2 Å². The van der Waals surface area contributed by atoms with E-state index in [0.29, 0.717) is 26.2 Å². The fraction of sp³-hybridized carbons (Fsp3) is 0.409. The number of carboxylic acids is 1. The summed E-state index contributed by atoms with van der Waals surface area (Å²) < 4.78 is 17.2. The summed E-state index contributed by atoms with van der Waals surface area (Å²) in [4.78, 5) is 10.9. The molecule has 0 spiro atoms. The molecule has 0 bridgehead atoms. The number of hydrogen-bond acceptors (Lipinski definition) is 4. The third kappa shape index (κ3) is 6.17. The van der Waals surface area contributed by atoms with Crippen molar-refractivity contribution in [3.8, 4) is 0 Å². The van der Waals surface area contributed by atoms with Crippen LogP contribution >= 0.6 is 0 Å². The number of carboxylic acid groups (broad SMARTS) is 1. The third-order valence-electron chi connectivity index (χ3n) is 4.83. The molecule has 2 aromatic rings. The molecule has 1 heterocycles. The maximum absolute atomic E-state index is 10.9. The number of benzene rings is 2. The minimum absolute atomic E-state index is 0.0324. The highest BCUT2D eigenvalue weighted by Gasteiger charge is 2.27. The van der Waals surface area contributed by atoms with Crippen LogP contribution in [0.3, 0.4) is 0 Å². The lowest BCUT2D eigenvalue weighted by Gasteiger charge is -2.32. The van der Waals surface area contributed by atoms with Gasteiger partial charge in [0.15, 0.2) is 0 Å². The Bertz CT molecular complexity index is 716. The maximum Gasteiger partial charge on any atom is 0.303 e. The van der Waals surface area contributed by atoms with Crippen LogP contribution in [0.1, 0.15) is 23.1 Å². The number of carbonyl (C=O) groups is 1. The number of aryl methyl sites for hydroxylation is 1. The van der Waals surface area contributed by atoms with Crippen LogP contribution in [0.4, 0.5) is 0 Å². The van der Waals surface area contributed by atoms with E-state index in [-0.39, 0.29) is 25.2 Å². The van der Waals surface area contributed by atoms with Gasteiger partial charge in [-0.1, -0.05) is 54.6 Å². The molecular formula is C22H26O5. The van der Waals surface area contributed by atoms with Crippen molar-refractivity contribution in [2.24, 2.45) is 5.92 Å². The van der Waals surface area contributed by atoms with Crippen molar-refractivity contribution < 1.29 is 24.1 Å². The molecule has 0 radical (unpaired) electrons. The van der Waals surface area contributed by atoms with Gasteiger partial charge in [0, 0.05) is 12.3 Å². The van der Waals surface area contributed by atoms with E-state index in [1.807, 2.05) is 48.5 Å². The Morgan fingerprint density at radius 3 is 2.59 bits per heavy atom. The van der Waals surface area contributed by atoms with Gasteiger partial charge in [0.1, 0.15) is 6.79 Å². The molecule has 5 heteroatoms. The van der Waals surface area contributed by atoms with Crippen molar-refractivity contribution in [2.45, 2.75) is 32.0 Å². The summed E-state index contributed by atoms with van der Waals surface area (Å²) in [5.41, 5.74) is 3.38. The molecule has 0 aromatic heterocycles. The van der Waals surface area contributed by atoms with Crippen LogP contribution in [-0.2, 0) is 38.5 Å². The van der Waals surface area contributed by atoms with E-state index in [1.54, 1.807) is 0 Å². The fourth-order valence-corrected chi connectivity index (χ4v) is 3.34. The maximum atomic E-state index is 10.9. The van der Waals surface area contributed by atoms with E-state index in [0.717, 1.165) is 23.1 Å². The van der Waals surface area contributed by atoms with Gasteiger partial charge in [0.05, 0.1) is 25.9 Å². The Kier molecular flexibility index (Phi) is 7.39. The van der Waals surface area contributed by atoms with Crippen LogP contribution in [0, 0.1) is 5.92 Å². The lowest BCUT2D eigenvalue weighted by Crippen LogP contribution is -2.39. The topological polar surface area (TPSA) is 65.0 Å². The smallest absolute Gasteiger partial charge is 0.303 e. The minimum Gasteiger partial charge on any atom is -0.481 e. The molecule has 2 aromatic carbocycles. The minimum atomic E-state index is -0.777. The molecule has 0 unspecified atom stereocenters. The van der Waals surface area contributed by atoms with Crippen molar-refractivity contribution >= 4 is 5.97 Å². The van der Waals surface area contributed by atoms with Gasteiger partial charge in [-0.05, 0) is 29.5 Å². The SMILES string of the molecule is O=C(O)CCc1ccccc1C[C@@H]1COCO[C@@H]1COCc1ccccc1. The fourth-order valence-electron chi connectivity index (χ4n) is 3.34. The highest BCUT2D eigenvalue weighted by molar-refractivity contribution is 5.67. The van der Waals surface area contributed by atoms with Crippen molar-refractivity contribution in [2.75, 3.05) is 20.0 Å². The first-order valence-electron chi connectivity index (χ1n) is 9.32. The molecule has 2 atom stereocenters. The van der Waals surface area contributed by atoms with Crippen molar-refractivity contribution in [1.82, 2.24) is 0 Å². The molecule has 144 valence electrons. The van der Waals surface area contributed by atoms with Crippen LogP contribution in [0.5, 0.6) is 0 Å². The molecule has 0 amide bonds. The Hall–Kier alpha value is -2.21. The molecule has 27 heavy (non-hydrogen) atoms. The van der Waals surface area contributed by atoms with E-state index in [9.17, 15) is 4.79 Å². The summed E-state index contributed by atoms with van der Waals surface area (Å²) in [5.74, 6) is -0.596. The first-order valence-corrected chi connectivity index (χ1v) is 9.32. The molecule has 5 nitrogen and oxygen atoms in total. The predicted octanol–water partition coefficient (Wildman–Crippen LogP) is 3.45. The van der Waals surface area contributed by atoms with Crippen LogP contribution in [0.2, 0.25) is 0 Å². The summed E-state index contributed by atoms with van der Waals surface area (Å²) in [6, 6.07) is 18.1. The normalized spacial score (nSPS) is 19.7. The number of hydrogen-bond donors (Lipinski definition) is 1. The molecule has 0 saturated carbocycles. The van der Waals surface area contributed by atoms with Gasteiger partial charge in [0.2, 0.25) is 0 Å². The Balaban J connectivity index is 1.58. The second-order valence-electron chi connectivity index (χ2n) is 6.82. The molecule has 1 aliphatic heterocycles. The average Bonchev–Trinajstić information content (AvgIpc) is 2.69. The summed E-state index contributed by atoms with van der Waals surface area (Å²) in [7, 11) is 0. The van der Waals surface area contributed by atoms with Gasteiger partial charge in [0.25, 0.3) is 0 Å². The lowest BCUT2D eigenvalue weighted by molar-refractivity contribution is -0.186. The molecule has 1 saturated heterocycles. The number of ether oxygens (including phenoxy) is 3.